The van der Waals surface area contributed by atoms with Crippen molar-refractivity contribution in [2.24, 2.45) is 5.92 Å². The van der Waals surface area contributed by atoms with E-state index >= 15 is 0 Å². The van der Waals surface area contributed by atoms with Crippen LogP contribution in [0, 0.1) is 12.8 Å². The van der Waals surface area contributed by atoms with Crippen molar-refractivity contribution in [1.82, 2.24) is 20.0 Å². The first-order valence-electron chi connectivity index (χ1n) is 11.4. The van der Waals surface area contributed by atoms with E-state index in [0.717, 1.165) is 16.8 Å². The van der Waals surface area contributed by atoms with Crippen molar-refractivity contribution in [2.75, 3.05) is 0 Å². The molecule has 4 aromatic rings. The van der Waals surface area contributed by atoms with E-state index in [2.05, 4.69) is 24.0 Å². The Bertz CT molecular complexity index is 1330. The molecule has 1 saturated carbocycles. The van der Waals surface area contributed by atoms with Crippen molar-refractivity contribution < 1.29 is 4.42 Å². The standard InChI is InChI=1S/C26H25Cl3N4O/c1-15-22(24-30-31-25(34-24)26(2,3)17-6-4-5-7-17)32-33(21-13-12-19(28)14-20(21)29)23(15)16-8-10-18(27)11-9-16/h8-14,17H,4-7H2,1-3H3. The predicted molar refractivity (Wildman–Crippen MR) is 137 cm³/mol. The first kappa shape index (κ1) is 23.4. The summed E-state index contributed by atoms with van der Waals surface area (Å²) in [5, 5.41) is 15.5. The largest absolute Gasteiger partial charge is 0.419 e. The van der Waals surface area contributed by atoms with Gasteiger partial charge in [0.2, 0.25) is 5.89 Å². The molecule has 2 aromatic carbocycles. The maximum absolute atomic E-state index is 6.58. The average molecular weight is 516 g/mol. The Morgan fingerprint density at radius 1 is 0.941 bits per heavy atom. The van der Waals surface area contributed by atoms with E-state index in [1.54, 1.807) is 16.8 Å². The number of rotatable bonds is 5. The lowest BCUT2D eigenvalue weighted by atomic mass is 9.78. The lowest BCUT2D eigenvalue weighted by molar-refractivity contribution is 0.261. The van der Waals surface area contributed by atoms with E-state index < -0.39 is 0 Å². The summed E-state index contributed by atoms with van der Waals surface area (Å²) in [7, 11) is 0. The van der Waals surface area contributed by atoms with Gasteiger partial charge in [0.15, 0.2) is 5.69 Å². The molecule has 0 radical (unpaired) electrons. The van der Waals surface area contributed by atoms with Crippen molar-refractivity contribution in [3.8, 4) is 28.5 Å². The van der Waals surface area contributed by atoms with Gasteiger partial charge in [-0.3, -0.25) is 0 Å². The van der Waals surface area contributed by atoms with Gasteiger partial charge in [-0.25, -0.2) is 4.68 Å². The molecule has 0 spiro atoms. The van der Waals surface area contributed by atoms with Gasteiger partial charge >= 0.3 is 0 Å². The van der Waals surface area contributed by atoms with Crippen LogP contribution in [-0.2, 0) is 5.41 Å². The summed E-state index contributed by atoms with van der Waals surface area (Å²) in [4.78, 5) is 0. The zero-order chi connectivity index (χ0) is 24.0. The maximum atomic E-state index is 6.58. The molecule has 8 heteroatoms. The highest BCUT2D eigenvalue weighted by Crippen LogP contribution is 2.42. The molecule has 0 amide bonds. The molecular weight excluding hydrogens is 491 g/mol. The van der Waals surface area contributed by atoms with Crippen LogP contribution < -0.4 is 0 Å². The molecule has 2 aromatic heterocycles. The first-order chi connectivity index (χ1) is 16.3. The number of halogens is 3. The average Bonchev–Trinajstić information content (AvgIpc) is 3.55. The van der Waals surface area contributed by atoms with E-state index in [9.17, 15) is 0 Å². The Morgan fingerprint density at radius 3 is 2.29 bits per heavy atom. The summed E-state index contributed by atoms with van der Waals surface area (Å²) in [6.45, 7) is 6.38. The van der Waals surface area contributed by atoms with Crippen molar-refractivity contribution in [1.29, 1.82) is 0 Å². The lowest BCUT2D eigenvalue weighted by Crippen LogP contribution is -2.27. The predicted octanol–water partition coefficient (Wildman–Crippen LogP) is 8.33. The third-order valence-corrected chi connectivity index (χ3v) is 7.72. The molecule has 1 fully saturated rings. The zero-order valence-electron chi connectivity index (χ0n) is 19.3. The zero-order valence-corrected chi connectivity index (χ0v) is 21.5. The third-order valence-electron chi connectivity index (χ3n) is 6.93. The summed E-state index contributed by atoms with van der Waals surface area (Å²) in [5.41, 5.74) is 3.86. The van der Waals surface area contributed by atoms with Crippen LogP contribution in [0.15, 0.2) is 46.9 Å². The molecule has 5 rings (SSSR count). The van der Waals surface area contributed by atoms with E-state index in [1.807, 2.05) is 37.3 Å². The summed E-state index contributed by atoms with van der Waals surface area (Å²) in [5.74, 6) is 1.59. The molecule has 0 N–H and O–H groups in total. The van der Waals surface area contributed by atoms with Gasteiger partial charge < -0.3 is 4.42 Å². The van der Waals surface area contributed by atoms with Gasteiger partial charge in [0, 0.05) is 26.6 Å². The fraction of sp³-hybridized carbons (Fsp3) is 0.346. The van der Waals surface area contributed by atoms with Crippen LogP contribution in [-0.4, -0.2) is 20.0 Å². The summed E-state index contributed by atoms with van der Waals surface area (Å²) in [6, 6.07) is 13.0. The van der Waals surface area contributed by atoms with Crippen LogP contribution in [0.1, 0.15) is 51.0 Å². The van der Waals surface area contributed by atoms with Gasteiger partial charge in [0.25, 0.3) is 5.89 Å². The minimum Gasteiger partial charge on any atom is -0.419 e. The Kier molecular flexibility index (Phi) is 6.21. The molecule has 5 nitrogen and oxygen atoms in total. The van der Waals surface area contributed by atoms with Gasteiger partial charge in [-0.05, 0) is 56.0 Å². The molecule has 1 aliphatic carbocycles. The van der Waals surface area contributed by atoms with E-state index in [4.69, 9.17) is 44.3 Å². The van der Waals surface area contributed by atoms with Gasteiger partial charge in [0.05, 0.1) is 16.4 Å². The van der Waals surface area contributed by atoms with Crippen molar-refractivity contribution in [3.63, 3.8) is 0 Å². The van der Waals surface area contributed by atoms with E-state index in [1.165, 1.54) is 25.7 Å². The molecular formula is C26H25Cl3N4O. The van der Waals surface area contributed by atoms with Gasteiger partial charge in [-0.15, -0.1) is 10.2 Å². The highest BCUT2D eigenvalue weighted by molar-refractivity contribution is 6.35. The highest BCUT2D eigenvalue weighted by Gasteiger charge is 2.38. The van der Waals surface area contributed by atoms with Crippen LogP contribution in [0.4, 0.5) is 0 Å². The Balaban J connectivity index is 1.64. The van der Waals surface area contributed by atoms with Gasteiger partial charge in [-0.2, -0.15) is 5.10 Å². The van der Waals surface area contributed by atoms with Crippen LogP contribution in [0.2, 0.25) is 15.1 Å². The second kappa shape index (κ2) is 9.03. The Morgan fingerprint density at radius 2 is 1.62 bits per heavy atom. The highest BCUT2D eigenvalue weighted by atomic mass is 35.5. The number of hydrogen-bond acceptors (Lipinski definition) is 4. The molecule has 176 valence electrons. The maximum Gasteiger partial charge on any atom is 0.268 e. The SMILES string of the molecule is Cc1c(-c2nnc(C(C)(C)C3CCCC3)o2)nn(-c2ccc(Cl)cc2Cl)c1-c1ccc(Cl)cc1. The molecule has 0 atom stereocenters. The molecule has 0 aliphatic heterocycles. The minimum atomic E-state index is -0.184. The van der Waals surface area contributed by atoms with Crippen molar-refractivity contribution >= 4 is 34.8 Å². The van der Waals surface area contributed by atoms with Crippen LogP contribution in [0.25, 0.3) is 28.5 Å². The minimum absolute atomic E-state index is 0.184. The number of nitrogens with zero attached hydrogens (tertiary/aromatic N) is 4. The van der Waals surface area contributed by atoms with Crippen LogP contribution in [0.3, 0.4) is 0 Å². The number of hydrogen-bond donors (Lipinski definition) is 0. The Hall–Kier alpha value is -2.34. The molecule has 0 bridgehead atoms. The molecule has 0 unspecified atom stereocenters. The quantitative estimate of drug-likeness (QED) is 0.268. The number of aromatic nitrogens is 4. The second-order valence-electron chi connectivity index (χ2n) is 9.45. The van der Waals surface area contributed by atoms with Crippen molar-refractivity contribution in [2.45, 2.75) is 51.9 Å². The lowest BCUT2D eigenvalue weighted by Gasteiger charge is -2.27. The molecule has 2 heterocycles. The summed E-state index contributed by atoms with van der Waals surface area (Å²) in [6.07, 6.45) is 4.89. The third kappa shape index (κ3) is 4.15. The second-order valence-corrected chi connectivity index (χ2v) is 10.7. The smallest absolute Gasteiger partial charge is 0.268 e. The van der Waals surface area contributed by atoms with Gasteiger partial charge in [-0.1, -0.05) is 73.6 Å². The normalized spacial score (nSPS) is 14.8. The fourth-order valence-corrected chi connectivity index (χ4v) is 5.49. The number of benzene rings is 2. The van der Waals surface area contributed by atoms with Crippen LogP contribution in [0.5, 0.6) is 0 Å². The summed E-state index contributed by atoms with van der Waals surface area (Å²) >= 11 is 18.9. The Labute approximate surface area is 214 Å². The van der Waals surface area contributed by atoms with Gasteiger partial charge in [0.1, 0.15) is 0 Å². The fourth-order valence-electron chi connectivity index (χ4n) is 4.87. The first-order valence-corrected chi connectivity index (χ1v) is 12.5. The molecule has 1 aliphatic rings. The molecule has 0 saturated heterocycles. The monoisotopic (exact) mass is 514 g/mol. The van der Waals surface area contributed by atoms with Crippen LogP contribution >= 0.6 is 34.8 Å². The summed E-state index contributed by atoms with van der Waals surface area (Å²) < 4.78 is 8.07. The van der Waals surface area contributed by atoms with E-state index in [-0.39, 0.29) is 5.41 Å². The van der Waals surface area contributed by atoms with Crippen molar-refractivity contribution in [3.05, 3.63) is 69.0 Å². The molecule has 34 heavy (non-hydrogen) atoms. The topological polar surface area (TPSA) is 56.7 Å². The van der Waals surface area contributed by atoms with E-state index in [0.29, 0.717) is 44.1 Å².